The highest BCUT2D eigenvalue weighted by Crippen LogP contribution is 2.37. The molecule has 0 bridgehead atoms. The molecule has 3 aliphatic rings. The van der Waals surface area contributed by atoms with Gasteiger partial charge in [0.15, 0.2) is 6.04 Å². The summed E-state index contributed by atoms with van der Waals surface area (Å²) < 4.78 is 19.7. The molecule has 0 unspecified atom stereocenters. The van der Waals surface area contributed by atoms with Crippen molar-refractivity contribution in [2.24, 2.45) is 5.73 Å². The standard InChI is InChI=1S/C20H25FN4O4/c21-15-10-14(24-8-9-29-11-17(24)26)6-7-16(15)23-20(28)18(19(22)27)25(13-4-5-13)12-2-1-3-12/h6-7,10,12-13,18H,1-5,8-9,11H2,(H2,22,27)(H,23,28)/t18-/m0/s1. The number of hydrogen-bond acceptors (Lipinski definition) is 5. The Labute approximate surface area is 168 Å². The number of nitrogens with one attached hydrogen (secondary N) is 1. The third kappa shape index (κ3) is 4.11. The van der Waals surface area contributed by atoms with Crippen LogP contribution in [0.1, 0.15) is 32.1 Å². The highest BCUT2D eigenvalue weighted by atomic mass is 19.1. The number of anilines is 2. The first kappa shape index (κ1) is 19.8. The van der Waals surface area contributed by atoms with E-state index in [-0.39, 0.29) is 30.3 Å². The van der Waals surface area contributed by atoms with Crippen molar-refractivity contribution in [1.82, 2.24) is 4.90 Å². The monoisotopic (exact) mass is 404 g/mol. The summed E-state index contributed by atoms with van der Waals surface area (Å²) in [5, 5.41) is 2.51. The maximum absolute atomic E-state index is 14.7. The Bertz CT molecular complexity index is 825. The van der Waals surface area contributed by atoms with E-state index in [0.717, 1.165) is 32.1 Å². The number of benzene rings is 1. The minimum absolute atomic E-state index is 0.0431. The molecule has 1 atom stereocenters. The van der Waals surface area contributed by atoms with Crippen LogP contribution in [0.3, 0.4) is 0 Å². The normalized spacial score (nSPS) is 21.0. The van der Waals surface area contributed by atoms with Crippen LogP contribution in [0.5, 0.6) is 0 Å². The zero-order chi connectivity index (χ0) is 20.5. The lowest BCUT2D eigenvalue weighted by Gasteiger charge is -2.40. The minimum Gasteiger partial charge on any atom is -0.370 e. The van der Waals surface area contributed by atoms with Crippen LogP contribution in [0, 0.1) is 5.82 Å². The van der Waals surface area contributed by atoms with E-state index < -0.39 is 23.7 Å². The number of rotatable bonds is 7. The number of hydrogen-bond donors (Lipinski definition) is 2. The van der Waals surface area contributed by atoms with Gasteiger partial charge >= 0.3 is 0 Å². The molecule has 156 valence electrons. The van der Waals surface area contributed by atoms with Crippen LogP contribution < -0.4 is 16.0 Å². The van der Waals surface area contributed by atoms with E-state index in [1.54, 1.807) is 6.07 Å². The molecule has 1 aromatic carbocycles. The average molecular weight is 404 g/mol. The van der Waals surface area contributed by atoms with Gasteiger partial charge in [0, 0.05) is 24.3 Å². The van der Waals surface area contributed by atoms with E-state index in [1.165, 1.54) is 17.0 Å². The molecule has 2 saturated carbocycles. The number of halogens is 1. The molecule has 2 aliphatic carbocycles. The fourth-order valence-electron chi connectivity index (χ4n) is 3.95. The Balaban J connectivity index is 1.50. The van der Waals surface area contributed by atoms with Crippen LogP contribution in [0.25, 0.3) is 0 Å². The predicted octanol–water partition coefficient (Wildman–Crippen LogP) is 0.998. The van der Waals surface area contributed by atoms with E-state index in [2.05, 4.69) is 5.32 Å². The lowest BCUT2D eigenvalue weighted by Crippen LogP contribution is -2.58. The molecule has 1 heterocycles. The lowest BCUT2D eigenvalue weighted by atomic mass is 9.89. The van der Waals surface area contributed by atoms with E-state index >= 15 is 0 Å². The molecular formula is C20H25FN4O4. The van der Waals surface area contributed by atoms with Crippen LogP contribution in [0.2, 0.25) is 0 Å². The SMILES string of the molecule is NC(=O)[C@@H](C(=O)Nc1ccc(N2CCOCC2=O)cc1F)N(C1CCC1)C1CC1. The summed E-state index contributed by atoms with van der Waals surface area (Å²) in [5.74, 6) is -2.27. The number of carbonyl (C=O) groups is 3. The number of primary amides is 1. The third-order valence-corrected chi connectivity index (χ3v) is 5.79. The number of ether oxygens (including phenoxy) is 1. The molecule has 1 aromatic rings. The van der Waals surface area contributed by atoms with E-state index in [0.29, 0.717) is 18.8 Å². The number of nitrogens with two attached hydrogens (primary N) is 1. The van der Waals surface area contributed by atoms with Crippen LogP contribution in [-0.2, 0) is 19.1 Å². The van der Waals surface area contributed by atoms with Gasteiger partial charge in [0.1, 0.15) is 12.4 Å². The summed E-state index contributed by atoms with van der Waals surface area (Å²) in [5.41, 5.74) is 5.91. The Kier molecular flexibility index (Phi) is 5.51. The zero-order valence-electron chi connectivity index (χ0n) is 16.1. The number of nitrogens with zero attached hydrogens (tertiary/aromatic N) is 2. The first-order valence-corrected chi connectivity index (χ1v) is 10.0. The van der Waals surface area contributed by atoms with Crippen molar-refractivity contribution in [2.45, 2.75) is 50.2 Å². The van der Waals surface area contributed by atoms with Crippen LogP contribution in [0.4, 0.5) is 15.8 Å². The van der Waals surface area contributed by atoms with Gasteiger partial charge in [-0.2, -0.15) is 0 Å². The molecule has 0 spiro atoms. The maximum atomic E-state index is 14.7. The van der Waals surface area contributed by atoms with Gasteiger partial charge in [-0.15, -0.1) is 0 Å². The molecule has 3 amide bonds. The van der Waals surface area contributed by atoms with Crippen LogP contribution in [-0.4, -0.2) is 60.5 Å². The highest BCUT2D eigenvalue weighted by molar-refractivity contribution is 6.09. The van der Waals surface area contributed by atoms with Gasteiger partial charge < -0.3 is 20.7 Å². The molecule has 0 aromatic heterocycles. The van der Waals surface area contributed by atoms with Gasteiger partial charge in [0.2, 0.25) is 5.91 Å². The Morgan fingerprint density at radius 3 is 2.52 bits per heavy atom. The minimum atomic E-state index is -1.12. The lowest BCUT2D eigenvalue weighted by molar-refractivity contribution is -0.135. The Morgan fingerprint density at radius 1 is 1.24 bits per heavy atom. The van der Waals surface area contributed by atoms with Crippen molar-refractivity contribution in [3.05, 3.63) is 24.0 Å². The zero-order valence-corrected chi connectivity index (χ0v) is 16.1. The summed E-state index contributed by atoms with van der Waals surface area (Å²) in [6.45, 7) is 0.675. The maximum Gasteiger partial charge on any atom is 0.253 e. The number of carbonyl (C=O) groups excluding carboxylic acids is 3. The van der Waals surface area contributed by atoms with Crippen molar-refractivity contribution in [3.63, 3.8) is 0 Å². The molecular weight excluding hydrogens is 379 g/mol. The second-order valence-electron chi connectivity index (χ2n) is 7.82. The molecule has 9 heteroatoms. The summed E-state index contributed by atoms with van der Waals surface area (Å²) in [6, 6.07) is 3.39. The van der Waals surface area contributed by atoms with Crippen molar-refractivity contribution in [2.75, 3.05) is 30.0 Å². The first-order valence-electron chi connectivity index (χ1n) is 10.0. The van der Waals surface area contributed by atoms with E-state index in [1.807, 2.05) is 4.90 Å². The van der Waals surface area contributed by atoms with Gasteiger partial charge in [-0.25, -0.2) is 4.39 Å². The molecule has 3 N–H and O–H groups in total. The fraction of sp³-hybridized carbons (Fsp3) is 0.550. The molecule has 3 fully saturated rings. The van der Waals surface area contributed by atoms with Crippen molar-refractivity contribution in [1.29, 1.82) is 0 Å². The third-order valence-electron chi connectivity index (χ3n) is 5.79. The van der Waals surface area contributed by atoms with Gasteiger partial charge in [-0.1, -0.05) is 6.42 Å². The van der Waals surface area contributed by atoms with Crippen LogP contribution >= 0.6 is 0 Å². The highest BCUT2D eigenvalue weighted by Gasteiger charge is 2.45. The van der Waals surface area contributed by atoms with Crippen molar-refractivity contribution in [3.8, 4) is 0 Å². The van der Waals surface area contributed by atoms with Gasteiger partial charge in [-0.3, -0.25) is 19.3 Å². The molecule has 1 aliphatic heterocycles. The molecule has 4 rings (SSSR count). The first-order chi connectivity index (χ1) is 14.0. The smallest absolute Gasteiger partial charge is 0.253 e. The van der Waals surface area contributed by atoms with E-state index in [4.69, 9.17) is 10.5 Å². The average Bonchev–Trinajstić information content (AvgIpc) is 3.46. The quantitative estimate of drug-likeness (QED) is 0.660. The fourth-order valence-corrected chi connectivity index (χ4v) is 3.95. The Hall–Kier alpha value is -2.52. The number of morpholine rings is 1. The predicted molar refractivity (Wildman–Crippen MR) is 104 cm³/mol. The van der Waals surface area contributed by atoms with Crippen molar-refractivity contribution < 1.29 is 23.5 Å². The van der Waals surface area contributed by atoms with Crippen molar-refractivity contribution >= 4 is 29.1 Å². The van der Waals surface area contributed by atoms with Gasteiger partial charge in [-0.05, 0) is 43.9 Å². The van der Waals surface area contributed by atoms with Gasteiger partial charge in [0.25, 0.3) is 11.8 Å². The van der Waals surface area contributed by atoms with Gasteiger partial charge in [0.05, 0.1) is 12.3 Å². The van der Waals surface area contributed by atoms with E-state index in [9.17, 15) is 18.8 Å². The summed E-state index contributed by atoms with van der Waals surface area (Å²) >= 11 is 0. The second-order valence-corrected chi connectivity index (χ2v) is 7.82. The summed E-state index contributed by atoms with van der Waals surface area (Å²) in [4.78, 5) is 40.2. The second kappa shape index (κ2) is 8.08. The van der Waals surface area contributed by atoms with Crippen LogP contribution in [0.15, 0.2) is 18.2 Å². The summed E-state index contributed by atoms with van der Waals surface area (Å²) in [7, 11) is 0. The molecule has 8 nitrogen and oxygen atoms in total. The topological polar surface area (TPSA) is 105 Å². The molecule has 1 saturated heterocycles. The Morgan fingerprint density at radius 2 is 1.97 bits per heavy atom. The number of amides is 3. The molecule has 29 heavy (non-hydrogen) atoms. The summed E-state index contributed by atoms with van der Waals surface area (Å²) in [6.07, 6.45) is 4.81. The largest absolute Gasteiger partial charge is 0.370 e. The molecule has 0 radical (unpaired) electrons.